The molecule has 0 aliphatic carbocycles. The lowest BCUT2D eigenvalue weighted by molar-refractivity contribution is 0.102. The van der Waals surface area contributed by atoms with Gasteiger partial charge in [-0.1, -0.05) is 23.7 Å². The van der Waals surface area contributed by atoms with Crippen LogP contribution in [0.5, 0.6) is 0 Å². The van der Waals surface area contributed by atoms with Gasteiger partial charge < -0.3 is 10.6 Å². The molecule has 0 saturated heterocycles. The standard InChI is InChI=1S/C18H15ClN4O/c1-12-10-17(21-11-20-12)22-13-6-8-14(9-7-13)23-18(24)15-4-2-3-5-16(15)19/h2-11H,1H3,(H,23,24)(H,20,21,22). The van der Waals surface area contributed by atoms with Gasteiger partial charge in [-0.05, 0) is 43.3 Å². The maximum Gasteiger partial charge on any atom is 0.257 e. The average molecular weight is 339 g/mol. The van der Waals surface area contributed by atoms with Crippen LogP contribution in [-0.2, 0) is 0 Å². The first kappa shape index (κ1) is 16.0. The molecule has 1 heterocycles. The summed E-state index contributed by atoms with van der Waals surface area (Å²) in [6.45, 7) is 1.90. The van der Waals surface area contributed by atoms with E-state index in [-0.39, 0.29) is 5.91 Å². The number of rotatable bonds is 4. The Morgan fingerprint density at radius 1 is 1.00 bits per heavy atom. The third kappa shape index (κ3) is 3.88. The maximum atomic E-state index is 12.2. The molecular formula is C18H15ClN4O. The molecule has 120 valence electrons. The van der Waals surface area contributed by atoms with Crippen molar-refractivity contribution in [2.24, 2.45) is 0 Å². The van der Waals surface area contributed by atoms with E-state index in [9.17, 15) is 4.79 Å². The van der Waals surface area contributed by atoms with E-state index in [0.29, 0.717) is 16.3 Å². The first-order chi connectivity index (χ1) is 11.6. The van der Waals surface area contributed by atoms with Crippen molar-refractivity contribution in [3.63, 3.8) is 0 Å². The van der Waals surface area contributed by atoms with Crippen LogP contribution < -0.4 is 10.6 Å². The van der Waals surface area contributed by atoms with Gasteiger partial charge in [-0.3, -0.25) is 4.79 Å². The molecule has 0 aliphatic heterocycles. The molecule has 0 radical (unpaired) electrons. The molecule has 0 unspecified atom stereocenters. The van der Waals surface area contributed by atoms with Crippen molar-refractivity contribution in [1.29, 1.82) is 0 Å². The second-order valence-corrected chi connectivity index (χ2v) is 5.59. The number of aromatic nitrogens is 2. The van der Waals surface area contributed by atoms with Crippen LogP contribution in [0.2, 0.25) is 5.02 Å². The fraction of sp³-hybridized carbons (Fsp3) is 0.0556. The van der Waals surface area contributed by atoms with Crippen LogP contribution in [0.4, 0.5) is 17.2 Å². The topological polar surface area (TPSA) is 66.9 Å². The molecule has 0 atom stereocenters. The number of carbonyl (C=O) groups is 1. The van der Waals surface area contributed by atoms with Gasteiger partial charge in [0.25, 0.3) is 5.91 Å². The number of anilines is 3. The Morgan fingerprint density at radius 2 is 1.71 bits per heavy atom. The third-order valence-corrected chi connectivity index (χ3v) is 3.67. The molecule has 0 bridgehead atoms. The molecular weight excluding hydrogens is 324 g/mol. The fourth-order valence-corrected chi connectivity index (χ4v) is 2.37. The number of carbonyl (C=O) groups excluding carboxylic acids is 1. The molecule has 0 spiro atoms. The van der Waals surface area contributed by atoms with Crippen LogP contribution in [0.1, 0.15) is 16.1 Å². The average Bonchev–Trinajstić information content (AvgIpc) is 2.57. The van der Waals surface area contributed by atoms with Gasteiger partial charge in [-0.25, -0.2) is 9.97 Å². The van der Waals surface area contributed by atoms with Crippen LogP contribution >= 0.6 is 11.6 Å². The van der Waals surface area contributed by atoms with Gasteiger partial charge in [0.1, 0.15) is 12.1 Å². The summed E-state index contributed by atoms with van der Waals surface area (Å²) < 4.78 is 0. The van der Waals surface area contributed by atoms with Gasteiger partial charge in [0, 0.05) is 23.1 Å². The lowest BCUT2D eigenvalue weighted by atomic mass is 10.2. The zero-order valence-corrected chi connectivity index (χ0v) is 13.7. The zero-order chi connectivity index (χ0) is 16.9. The maximum absolute atomic E-state index is 12.2. The predicted octanol–water partition coefficient (Wildman–Crippen LogP) is 4.43. The van der Waals surface area contributed by atoms with E-state index in [0.717, 1.165) is 17.2 Å². The molecule has 0 fully saturated rings. The summed E-state index contributed by atoms with van der Waals surface area (Å²) in [7, 11) is 0. The van der Waals surface area contributed by atoms with Crippen LogP contribution in [0, 0.1) is 6.92 Å². The normalized spacial score (nSPS) is 10.2. The molecule has 1 aromatic heterocycles. The molecule has 5 nitrogen and oxygen atoms in total. The summed E-state index contributed by atoms with van der Waals surface area (Å²) >= 11 is 6.03. The quantitative estimate of drug-likeness (QED) is 0.738. The number of hydrogen-bond acceptors (Lipinski definition) is 4. The van der Waals surface area contributed by atoms with Gasteiger partial charge >= 0.3 is 0 Å². The Hall–Kier alpha value is -2.92. The fourth-order valence-electron chi connectivity index (χ4n) is 2.15. The minimum atomic E-state index is -0.243. The molecule has 6 heteroatoms. The second kappa shape index (κ2) is 7.10. The highest BCUT2D eigenvalue weighted by Crippen LogP contribution is 2.20. The van der Waals surface area contributed by atoms with Crippen molar-refractivity contribution < 1.29 is 4.79 Å². The lowest BCUT2D eigenvalue weighted by Crippen LogP contribution is -2.12. The number of nitrogens with one attached hydrogen (secondary N) is 2. The summed E-state index contributed by atoms with van der Waals surface area (Å²) in [6, 6.07) is 16.1. The lowest BCUT2D eigenvalue weighted by Gasteiger charge is -2.09. The van der Waals surface area contributed by atoms with E-state index >= 15 is 0 Å². The first-order valence-electron chi connectivity index (χ1n) is 7.33. The predicted molar refractivity (Wildman–Crippen MR) is 95.9 cm³/mol. The monoisotopic (exact) mass is 338 g/mol. The van der Waals surface area contributed by atoms with E-state index in [1.54, 1.807) is 24.3 Å². The van der Waals surface area contributed by atoms with Crippen LogP contribution in [-0.4, -0.2) is 15.9 Å². The molecule has 2 N–H and O–H groups in total. The van der Waals surface area contributed by atoms with Crippen molar-refractivity contribution in [3.8, 4) is 0 Å². The van der Waals surface area contributed by atoms with Crippen molar-refractivity contribution in [1.82, 2.24) is 9.97 Å². The minimum absolute atomic E-state index is 0.243. The minimum Gasteiger partial charge on any atom is -0.340 e. The van der Waals surface area contributed by atoms with Crippen molar-refractivity contribution in [2.45, 2.75) is 6.92 Å². The van der Waals surface area contributed by atoms with Gasteiger partial charge in [-0.15, -0.1) is 0 Å². The zero-order valence-electron chi connectivity index (χ0n) is 13.0. The molecule has 1 amide bonds. The Labute approximate surface area is 144 Å². The summed E-state index contributed by atoms with van der Waals surface area (Å²) in [5, 5.41) is 6.43. The Morgan fingerprint density at radius 3 is 2.42 bits per heavy atom. The third-order valence-electron chi connectivity index (χ3n) is 3.34. The number of hydrogen-bond donors (Lipinski definition) is 2. The van der Waals surface area contributed by atoms with Gasteiger partial charge in [0.15, 0.2) is 0 Å². The SMILES string of the molecule is Cc1cc(Nc2ccc(NC(=O)c3ccccc3Cl)cc2)ncn1. The van der Waals surface area contributed by atoms with E-state index in [1.165, 1.54) is 6.33 Å². The molecule has 0 aliphatic rings. The first-order valence-corrected chi connectivity index (χ1v) is 7.71. The molecule has 3 rings (SSSR count). The summed E-state index contributed by atoms with van der Waals surface area (Å²) in [6.07, 6.45) is 1.51. The van der Waals surface area contributed by atoms with E-state index < -0.39 is 0 Å². The van der Waals surface area contributed by atoms with Crippen molar-refractivity contribution in [2.75, 3.05) is 10.6 Å². The highest BCUT2D eigenvalue weighted by Gasteiger charge is 2.09. The van der Waals surface area contributed by atoms with Gasteiger partial charge in [0.05, 0.1) is 10.6 Å². The Balaban J connectivity index is 1.68. The molecule has 0 saturated carbocycles. The summed E-state index contributed by atoms with van der Waals surface area (Å²) in [5.41, 5.74) is 2.88. The number of halogens is 1. The molecule has 3 aromatic rings. The van der Waals surface area contributed by atoms with Gasteiger partial charge in [-0.2, -0.15) is 0 Å². The van der Waals surface area contributed by atoms with E-state index in [4.69, 9.17) is 11.6 Å². The van der Waals surface area contributed by atoms with Gasteiger partial charge in [0.2, 0.25) is 0 Å². The molecule has 2 aromatic carbocycles. The van der Waals surface area contributed by atoms with Crippen molar-refractivity contribution >= 4 is 34.7 Å². The second-order valence-electron chi connectivity index (χ2n) is 5.18. The number of aryl methyl sites for hydroxylation is 1. The number of benzene rings is 2. The molecule has 24 heavy (non-hydrogen) atoms. The highest BCUT2D eigenvalue weighted by atomic mass is 35.5. The Bertz CT molecular complexity index is 865. The Kier molecular flexibility index (Phi) is 4.72. The van der Waals surface area contributed by atoms with Crippen LogP contribution in [0.25, 0.3) is 0 Å². The van der Waals surface area contributed by atoms with Crippen LogP contribution in [0.3, 0.4) is 0 Å². The van der Waals surface area contributed by atoms with Crippen LogP contribution in [0.15, 0.2) is 60.9 Å². The van der Waals surface area contributed by atoms with Crippen molar-refractivity contribution in [3.05, 3.63) is 77.2 Å². The van der Waals surface area contributed by atoms with E-state index in [2.05, 4.69) is 20.6 Å². The summed E-state index contributed by atoms with van der Waals surface area (Å²) in [5.74, 6) is 0.475. The van der Waals surface area contributed by atoms with E-state index in [1.807, 2.05) is 37.3 Å². The summed E-state index contributed by atoms with van der Waals surface area (Å²) in [4.78, 5) is 20.4. The smallest absolute Gasteiger partial charge is 0.257 e. The number of nitrogens with zero attached hydrogens (tertiary/aromatic N) is 2. The number of amides is 1. The largest absolute Gasteiger partial charge is 0.340 e. The highest BCUT2D eigenvalue weighted by molar-refractivity contribution is 6.34.